The second kappa shape index (κ2) is 5.21. The fraction of sp³-hybridized carbons (Fsp3) is 0.417. The van der Waals surface area contributed by atoms with Crippen LogP contribution < -0.4 is 5.73 Å². The summed E-state index contributed by atoms with van der Waals surface area (Å²) in [7, 11) is 0. The highest BCUT2D eigenvalue weighted by atomic mass is 35.5. The van der Waals surface area contributed by atoms with Gasteiger partial charge in [-0.3, -0.25) is 5.41 Å². The Morgan fingerprint density at radius 2 is 2.00 bits per heavy atom. The molecule has 1 aliphatic heterocycles. The van der Waals surface area contributed by atoms with Crippen LogP contribution in [0, 0.1) is 12.3 Å². The number of rotatable bonds is 1. The largest absolute Gasteiger partial charge is 0.370 e. The van der Waals surface area contributed by atoms with Crippen LogP contribution in [0.15, 0.2) is 24.3 Å². The van der Waals surface area contributed by atoms with Crippen molar-refractivity contribution in [2.24, 2.45) is 5.73 Å². The zero-order valence-corrected chi connectivity index (χ0v) is 10.3. The summed E-state index contributed by atoms with van der Waals surface area (Å²) >= 11 is 0. The van der Waals surface area contributed by atoms with Crippen LogP contribution >= 0.6 is 12.4 Å². The van der Waals surface area contributed by atoms with Gasteiger partial charge in [0, 0.05) is 6.54 Å². The van der Waals surface area contributed by atoms with Crippen LogP contribution in [0.4, 0.5) is 0 Å². The average Bonchev–Trinajstić information content (AvgIpc) is 2.67. The molecule has 0 spiro atoms. The Morgan fingerprint density at radius 1 is 1.38 bits per heavy atom. The maximum absolute atomic E-state index is 7.52. The van der Waals surface area contributed by atoms with E-state index in [9.17, 15) is 0 Å². The first-order valence-electron chi connectivity index (χ1n) is 5.35. The van der Waals surface area contributed by atoms with E-state index in [1.54, 1.807) is 0 Å². The van der Waals surface area contributed by atoms with E-state index < -0.39 is 0 Å². The molecule has 1 aromatic rings. The Bertz CT molecular complexity index is 361. The first-order valence-corrected chi connectivity index (χ1v) is 5.35. The molecule has 88 valence electrons. The van der Waals surface area contributed by atoms with Gasteiger partial charge in [-0.05, 0) is 25.3 Å². The number of halogens is 1. The van der Waals surface area contributed by atoms with E-state index in [0.717, 1.165) is 19.4 Å². The van der Waals surface area contributed by atoms with Crippen molar-refractivity contribution in [1.82, 2.24) is 4.90 Å². The highest BCUT2D eigenvalue weighted by Gasteiger charge is 2.26. The Hall–Kier alpha value is -1.22. The number of benzene rings is 1. The Labute approximate surface area is 103 Å². The molecule has 0 unspecified atom stereocenters. The number of aryl methyl sites for hydroxylation is 1. The second-order valence-electron chi connectivity index (χ2n) is 4.15. The molecule has 1 saturated heterocycles. The third-order valence-electron chi connectivity index (χ3n) is 3.02. The number of nitrogens with two attached hydrogens (primary N) is 1. The normalized spacial score (nSPS) is 19.3. The quantitative estimate of drug-likeness (QED) is 0.584. The predicted octanol–water partition coefficient (Wildman–Crippen LogP) is 2.45. The van der Waals surface area contributed by atoms with Crippen molar-refractivity contribution >= 4 is 18.4 Å². The lowest BCUT2D eigenvalue weighted by molar-refractivity contribution is 0.393. The highest BCUT2D eigenvalue weighted by Crippen LogP contribution is 2.31. The monoisotopic (exact) mass is 239 g/mol. The minimum absolute atomic E-state index is 0. The minimum Gasteiger partial charge on any atom is -0.370 e. The molecule has 0 aromatic heterocycles. The number of hydrogen-bond acceptors (Lipinski definition) is 1. The maximum atomic E-state index is 7.52. The van der Waals surface area contributed by atoms with Gasteiger partial charge in [0.15, 0.2) is 5.96 Å². The number of nitrogens with one attached hydrogen (secondary N) is 1. The Kier molecular flexibility index (Phi) is 4.19. The van der Waals surface area contributed by atoms with E-state index in [1.807, 2.05) is 4.90 Å². The van der Waals surface area contributed by atoms with Gasteiger partial charge in [-0.1, -0.05) is 29.8 Å². The van der Waals surface area contributed by atoms with Crippen molar-refractivity contribution in [2.75, 3.05) is 6.54 Å². The molecule has 1 aliphatic rings. The van der Waals surface area contributed by atoms with Gasteiger partial charge in [0.25, 0.3) is 0 Å². The standard InChI is InChI=1S/C12H17N3.ClH/c1-9-4-6-10(7-5-9)11-3-2-8-15(11)12(13)14;/h4-7,11H,2-3,8H2,1H3,(H3,13,14);1H/t11-;/m0./s1. The molecule has 4 heteroatoms. The van der Waals surface area contributed by atoms with Crippen LogP contribution in [0.5, 0.6) is 0 Å². The van der Waals surface area contributed by atoms with Crippen LogP contribution in [0.3, 0.4) is 0 Å². The lowest BCUT2D eigenvalue weighted by Crippen LogP contribution is -2.35. The maximum Gasteiger partial charge on any atom is 0.188 e. The number of hydrogen-bond donors (Lipinski definition) is 2. The summed E-state index contributed by atoms with van der Waals surface area (Å²) in [6, 6.07) is 8.82. The van der Waals surface area contributed by atoms with Gasteiger partial charge in [-0.25, -0.2) is 0 Å². The summed E-state index contributed by atoms with van der Waals surface area (Å²) in [6.07, 6.45) is 2.22. The molecule has 1 aromatic carbocycles. The van der Waals surface area contributed by atoms with Gasteiger partial charge in [-0.2, -0.15) is 0 Å². The number of guanidine groups is 1. The van der Waals surface area contributed by atoms with Crippen molar-refractivity contribution in [2.45, 2.75) is 25.8 Å². The second-order valence-corrected chi connectivity index (χ2v) is 4.15. The zero-order valence-electron chi connectivity index (χ0n) is 9.44. The number of likely N-dealkylation sites (tertiary alicyclic amines) is 1. The first-order chi connectivity index (χ1) is 7.18. The van der Waals surface area contributed by atoms with E-state index in [1.165, 1.54) is 11.1 Å². The van der Waals surface area contributed by atoms with E-state index in [4.69, 9.17) is 11.1 Å². The summed E-state index contributed by atoms with van der Waals surface area (Å²) in [6.45, 7) is 3.00. The molecule has 3 N–H and O–H groups in total. The van der Waals surface area contributed by atoms with Crippen molar-refractivity contribution < 1.29 is 0 Å². The molecular formula is C12H18ClN3. The van der Waals surface area contributed by atoms with Gasteiger partial charge >= 0.3 is 0 Å². The van der Waals surface area contributed by atoms with E-state index in [0.29, 0.717) is 6.04 Å². The molecule has 3 nitrogen and oxygen atoms in total. The summed E-state index contributed by atoms with van der Waals surface area (Å²) in [4.78, 5) is 1.98. The summed E-state index contributed by atoms with van der Waals surface area (Å²) in [5, 5.41) is 7.52. The van der Waals surface area contributed by atoms with Crippen molar-refractivity contribution in [3.63, 3.8) is 0 Å². The zero-order chi connectivity index (χ0) is 10.8. The van der Waals surface area contributed by atoms with Gasteiger partial charge < -0.3 is 10.6 Å². The van der Waals surface area contributed by atoms with Crippen LogP contribution in [-0.4, -0.2) is 17.4 Å². The van der Waals surface area contributed by atoms with E-state index in [2.05, 4.69) is 31.2 Å². The van der Waals surface area contributed by atoms with Crippen molar-refractivity contribution in [3.05, 3.63) is 35.4 Å². The minimum atomic E-state index is 0. The molecule has 2 rings (SSSR count). The molecule has 1 atom stereocenters. The molecular weight excluding hydrogens is 222 g/mol. The number of nitrogens with zero attached hydrogens (tertiary/aromatic N) is 1. The van der Waals surface area contributed by atoms with Gasteiger partial charge in [0.05, 0.1) is 6.04 Å². The third kappa shape index (κ3) is 2.47. The van der Waals surface area contributed by atoms with Gasteiger partial charge in [-0.15, -0.1) is 12.4 Å². The molecule has 16 heavy (non-hydrogen) atoms. The van der Waals surface area contributed by atoms with Crippen molar-refractivity contribution in [1.29, 1.82) is 5.41 Å². The van der Waals surface area contributed by atoms with Crippen LogP contribution in [0.1, 0.15) is 30.0 Å². The highest BCUT2D eigenvalue weighted by molar-refractivity contribution is 5.85. The fourth-order valence-corrected chi connectivity index (χ4v) is 2.19. The van der Waals surface area contributed by atoms with E-state index >= 15 is 0 Å². The SMILES string of the molecule is Cc1ccc([C@@H]2CCCN2C(=N)N)cc1.Cl. The van der Waals surface area contributed by atoms with Crippen LogP contribution in [-0.2, 0) is 0 Å². The van der Waals surface area contributed by atoms with E-state index in [-0.39, 0.29) is 18.4 Å². The first kappa shape index (κ1) is 12.8. The van der Waals surface area contributed by atoms with Gasteiger partial charge in [0.1, 0.15) is 0 Å². The summed E-state index contributed by atoms with van der Waals surface area (Å²) in [5.74, 6) is 0.193. The van der Waals surface area contributed by atoms with Gasteiger partial charge in [0.2, 0.25) is 0 Å². The predicted molar refractivity (Wildman–Crippen MR) is 69.0 cm³/mol. The van der Waals surface area contributed by atoms with Crippen molar-refractivity contribution in [3.8, 4) is 0 Å². The fourth-order valence-electron chi connectivity index (χ4n) is 2.19. The summed E-state index contributed by atoms with van der Waals surface area (Å²) in [5.41, 5.74) is 8.11. The molecule has 0 amide bonds. The Balaban J connectivity index is 0.00000128. The average molecular weight is 240 g/mol. The smallest absolute Gasteiger partial charge is 0.188 e. The lowest BCUT2D eigenvalue weighted by atomic mass is 10.0. The lowest BCUT2D eigenvalue weighted by Gasteiger charge is -2.25. The van der Waals surface area contributed by atoms with Crippen LogP contribution in [0.25, 0.3) is 0 Å². The Morgan fingerprint density at radius 3 is 2.56 bits per heavy atom. The summed E-state index contributed by atoms with van der Waals surface area (Å²) < 4.78 is 0. The third-order valence-corrected chi connectivity index (χ3v) is 3.02. The molecule has 0 aliphatic carbocycles. The van der Waals surface area contributed by atoms with Crippen LogP contribution in [0.2, 0.25) is 0 Å². The molecule has 1 heterocycles. The molecule has 1 fully saturated rings. The topological polar surface area (TPSA) is 53.1 Å². The molecule has 0 saturated carbocycles. The molecule has 0 radical (unpaired) electrons. The molecule has 0 bridgehead atoms.